The van der Waals surface area contributed by atoms with E-state index in [1.54, 1.807) is 0 Å². The van der Waals surface area contributed by atoms with Crippen LogP contribution < -0.4 is 0 Å². The van der Waals surface area contributed by atoms with E-state index < -0.39 is 11.2 Å². The second-order valence-electron chi connectivity index (χ2n) is 7.21. The number of carbonyl (C=O) groups is 1. The van der Waals surface area contributed by atoms with Gasteiger partial charge in [0, 0.05) is 12.8 Å². The maximum absolute atomic E-state index is 12.2. The molecule has 0 saturated heterocycles. The Morgan fingerprint density at radius 2 is 1.09 bits per heavy atom. The molecule has 2 N–H and O–H groups in total. The number of carbonyl (C=O) groups excluding carboxylic acids is 1. The molecule has 0 aromatic heterocycles. The molecule has 0 aromatic carbocycles. The molecule has 0 unspecified atom stereocenters. The molecule has 128 valence electrons. The molecular formula is C17H30O5. The van der Waals surface area contributed by atoms with Crippen LogP contribution in [0.4, 0.5) is 0 Å². The molecule has 0 bridgehead atoms. The van der Waals surface area contributed by atoms with Gasteiger partial charge in [0.05, 0.1) is 0 Å². The van der Waals surface area contributed by atoms with E-state index in [0.717, 1.165) is 51.4 Å². The van der Waals surface area contributed by atoms with E-state index in [1.165, 1.54) is 12.8 Å². The smallest absolute Gasteiger partial charge is 0.133 e. The number of ketones is 1. The van der Waals surface area contributed by atoms with Gasteiger partial charge >= 0.3 is 0 Å². The van der Waals surface area contributed by atoms with Crippen molar-refractivity contribution in [3.63, 3.8) is 0 Å². The molecular weight excluding hydrogens is 284 g/mol. The summed E-state index contributed by atoms with van der Waals surface area (Å²) in [6.07, 6.45) is 11.9. The quantitative estimate of drug-likeness (QED) is 0.509. The first-order valence-corrected chi connectivity index (χ1v) is 8.81. The van der Waals surface area contributed by atoms with Gasteiger partial charge in [-0.15, -0.1) is 0 Å². The summed E-state index contributed by atoms with van der Waals surface area (Å²) in [5, 5.41) is 18.4. The molecule has 0 amide bonds. The lowest BCUT2D eigenvalue weighted by Gasteiger charge is -2.34. The van der Waals surface area contributed by atoms with Crippen LogP contribution in [0.1, 0.15) is 89.9 Å². The second kappa shape index (κ2) is 8.39. The fourth-order valence-electron chi connectivity index (χ4n) is 4.03. The summed E-state index contributed by atoms with van der Waals surface area (Å²) in [4.78, 5) is 21.7. The highest BCUT2D eigenvalue weighted by molar-refractivity contribution is 5.78. The van der Waals surface area contributed by atoms with Crippen molar-refractivity contribution in [2.75, 3.05) is 0 Å². The van der Waals surface area contributed by atoms with E-state index in [4.69, 9.17) is 9.78 Å². The van der Waals surface area contributed by atoms with Crippen LogP contribution in [0.5, 0.6) is 0 Å². The van der Waals surface area contributed by atoms with Crippen molar-refractivity contribution in [3.05, 3.63) is 0 Å². The van der Waals surface area contributed by atoms with Gasteiger partial charge in [-0.1, -0.05) is 38.5 Å². The van der Waals surface area contributed by atoms with Gasteiger partial charge in [-0.3, -0.25) is 15.3 Å². The lowest BCUT2D eigenvalue weighted by molar-refractivity contribution is -0.333. The molecule has 2 aliphatic rings. The first-order valence-electron chi connectivity index (χ1n) is 8.81. The Kier molecular flexibility index (Phi) is 6.81. The highest BCUT2D eigenvalue weighted by atomic mass is 17.1. The van der Waals surface area contributed by atoms with Crippen molar-refractivity contribution in [3.8, 4) is 0 Å². The normalized spacial score (nSPS) is 24.1. The zero-order valence-electron chi connectivity index (χ0n) is 13.5. The van der Waals surface area contributed by atoms with E-state index in [1.807, 2.05) is 0 Å². The average molecular weight is 314 g/mol. The minimum absolute atomic E-state index is 0.170. The Morgan fingerprint density at radius 3 is 1.41 bits per heavy atom. The molecule has 22 heavy (non-hydrogen) atoms. The van der Waals surface area contributed by atoms with Crippen molar-refractivity contribution in [2.45, 2.75) is 101 Å². The molecule has 0 atom stereocenters. The number of rotatable bonds is 8. The predicted molar refractivity (Wildman–Crippen MR) is 82.5 cm³/mol. The van der Waals surface area contributed by atoms with Gasteiger partial charge < -0.3 is 0 Å². The predicted octanol–water partition coefficient (Wildman–Crippen LogP) is 4.50. The molecule has 5 heteroatoms. The first kappa shape index (κ1) is 17.9. The first-order chi connectivity index (χ1) is 10.6. The number of hydrogen-bond acceptors (Lipinski definition) is 5. The fourth-order valence-corrected chi connectivity index (χ4v) is 4.03. The topological polar surface area (TPSA) is 76.0 Å². The van der Waals surface area contributed by atoms with Crippen LogP contribution in [0.15, 0.2) is 0 Å². The summed E-state index contributed by atoms with van der Waals surface area (Å²) in [7, 11) is 0. The fraction of sp³-hybridized carbons (Fsp3) is 0.941. The SMILES string of the molecule is O=C(CCC1(OO)CCCCC1)CCC1(OO)CCCCC1. The molecule has 0 radical (unpaired) electrons. The molecule has 2 saturated carbocycles. The zero-order valence-corrected chi connectivity index (χ0v) is 13.5. The van der Waals surface area contributed by atoms with E-state index in [-0.39, 0.29) is 5.78 Å². The minimum Gasteiger partial charge on any atom is -0.300 e. The molecule has 0 aromatic rings. The molecule has 2 rings (SSSR count). The van der Waals surface area contributed by atoms with Crippen molar-refractivity contribution in [1.29, 1.82) is 0 Å². The van der Waals surface area contributed by atoms with Crippen LogP contribution in [-0.2, 0) is 14.6 Å². The summed E-state index contributed by atoms with van der Waals surface area (Å²) in [5.41, 5.74) is -1.02. The molecule has 0 spiro atoms. The summed E-state index contributed by atoms with van der Waals surface area (Å²) in [6, 6.07) is 0. The summed E-state index contributed by atoms with van der Waals surface area (Å²) >= 11 is 0. The van der Waals surface area contributed by atoms with Gasteiger partial charge in [0.15, 0.2) is 0 Å². The molecule has 0 aliphatic heterocycles. The van der Waals surface area contributed by atoms with Gasteiger partial charge in [-0.25, -0.2) is 9.78 Å². The highest BCUT2D eigenvalue weighted by Crippen LogP contribution is 2.37. The Morgan fingerprint density at radius 1 is 0.727 bits per heavy atom. The average Bonchev–Trinajstić information content (AvgIpc) is 2.60. The summed E-state index contributed by atoms with van der Waals surface area (Å²) in [6.45, 7) is 0. The van der Waals surface area contributed by atoms with E-state index in [2.05, 4.69) is 0 Å². The standard InChI is InChI=1S/C17H30O5/c18-15(7-13-16(21-19)9-3-1-4-10-16)8-14-17(22-20)11-5-2-6-12-17/h19-20H,1-14H2. The van der Waals surface area contributed by atoms with Crippen molar-refractivity contribution in [1.82, 2.24) is 0 Å². The number of Topliss-reactive ketones (excluding diaryl/α,β-unsaturated/α-hetero) is 1. The third kappa shape index (κ3) is 4.75. The molecule has 2 aliphatic carbocycles. The Balaban J connectivity index is 1.75. The molecule has 0 heterocycles. The van der Waals surface area contributed by atoms with Gasteiger partial charge in [-0.2, -0.15) is 0 Å². The van der Waals surface area contributed by atoms with Crippen LogP contribution in [0.2, 0.25) is 0 Å². The molecule has 5 nitrogen and oxygen atoms in total. The van der Waals surface area contributed by atoms with Crippen molar-refractivity contribution in [2.24, 2.45) is 0 Å². The maximum atomic E-state index is 12.2. The van der Waals surface area contributed by atoms with Gasteiger partial charge in [0.25, 0.3) is 0 Å². The summed E-state index contributed by atoms with van der Waals surface area (Å²) in [5.74, 6) is 0.170. The summed E-state index contributed by atoms with van der Waals surface area (Å²) < 4.78 is 0. The Bertz CT molecular complexity index is 311. The largest absolute Gasteiger partial charge is 0.300 e. The van der Waals surface area contributed by atoms with Crippen LogP contribution in [-0.4, -0.2) is 27.5 Å². The van der Waals surface area contributed by atoms with E-state index in [9.17, 15) is 15.3 Å². The van der Waals surface area contributed by atoms with Crippen molar-refractivity contribution >= 4 is 5.78 Å². The highest BCUT2D eigenvalue weighted by Gasteiger charge is 2.36. The lowest BCUT2D eigenvalue weighted by atomic mass is 9.79. The van der Waals surface area contributed by atoms with Gasteiger partial charge in [0.2, 0.25) is 0 Å². The van der Waals surface area contributed by atoms with Crippen LogP contribution in [0, 0.1) is 0 Å². The zero-order chi connectivity index (χ0) is 15.9. The van der Waals surface area contributed by atoms with Crippen molar-refractivity contribution < 1.29 is 25.1 Å². The van der Waals surface area contributed by atoms with Gasteiger partial charge in [-0.05, 0) is 38.5 Å². The second-order valence-corrected chi connectivity index (χ2v) is 7.21. The monoisotopic (exact) mass is 314 g/mol. The molecule has 2 fully saturated rings. The van der Waals surface area contributed by atoms with Gasteiger partial charge in [0.1, 0.15) is 17.0 Å². The Hall–Kier alpha value is -0.490. The van der Waals surface area contributed by atoms with Crippen LogP contribution in [0.3, 0.4) is 0 Å². The Labute approximate surface area is 132 Å². The van der Waals surface area contributed by atoms with Crippen LogP contribution in [0.25, 0.3) is 0 Å². The lowest BCUT2D eigenvalue weighted by Crippen LogP contribution is -2.36. The number of hydrogen-bond donors (Lipinski definition) is 2. The minimum atomic E-state index is -0.510. The van der Waals surface area contributed by atoms with E-state index in [0.29, 0.717) is 25.7 Å². The van der Waals surface area contributed by atoms with E-state index >= 15 is 0 Å². The third-order valence-corrected chi connectivity index (χ3v) is 5.64. The third-order valence-electron chi connectivity index (χ3n) is 5.64. The van der Waals surface area contributed by atoms with Crippen LogP contribution >= 0.6 is 0 Å². The maximum Gasteiger partial charge on any atom is 0.133 e.